The van der Waals surface area contributed by atoms with Crippen molar-refractivity contribution in [3.05, 3.63) is 321 Å². The molecule has 6 heterocycles. The second kappa shape index (κ2) is 53.0. The summed E-state index contributed by atoms with van der Waals surface area (Å²) in [4.78, 5) is 113. The van der Waals surface area contributed by atoms with Gasteiger partial charge in [0.2, 0.25) is 11.7 Å². The number of rotatable bonds is 19. The van der Waals surface area contributed by atoms with Gasteiger partial charge in [0.15, 0.2) is 34.6 Å². The summed E-state index contributed by atoms with van der Waals surface area (Å²) in [5.74, 6) is -2.18. The van der Waals surface area contributed by atoms with Crippen molar-refractivity contribution in [1.29, 1.82) is 0 Å². The van der Waals surface area contributed by atoms with E-state index in [0.717, 1.165) is 57.2 Å². The monoisotopic (exact) mass is 2260 g/mol. The lowest BCUT2D eigenvalue weighted by Gasteiger charge is -2.27. The minimum atomic E-state index is -1.65. The van der Waals surface area contributed by atoms with Crippen LogP contribution >= 0.6 is 78.3 Å². The normalized spacial score (nSPS) is 17.1. The van der Waals surface area contributed by atoms with Crippen LogP contribution in [0.1, 0.15) is 113 Å². The number of carbonyl (C=O) groups is 8. The Bertz CT molecular complexity index is 6950. The standard InChI is InChI=1S/C34H24ClF3N6O3.C23H23ClF3NO3.C18H15ClF3NO.C17H20BrF2NO3.C6H5BClFO2.C6H5BrFN.CH3F/c35-26-15-21(36)7-8-23(26)24-4-1-3-20(32(24)38)14-29(45)28-16-22(37)17-43(28)31(46)18-44-27-9-5-19(6-10-30-40-11-2-12-41-30)13-25(27)33(42-44)34(39)47;1-23(2,3)31-22(30)28-12-15(26)11-19(28)20(29)9-13-5-4-6-17(21(13)27)16-8-7-14(25)10-18(16)24;19-15-7-11(20)4-5-13(15)14-3-1-2-10(18(14)22)6-17(24)16-8-12(21)9-23-16;1-17(2,3)24-16(23)21-9-11(19)8-13(21)14(22)7-10-5-4-6-12(18)15(10)20;8-6-3-4(9)1-2-5(6)7(10)11;7-4-2-1-3-5(9)6(4)8;1-2/h1-5,7-9,11-13,15,22,28H,14,16-18H2,(H2,39,47);4-8,10,15,19H,9,11-12H2,1-3H3;1-5,7,12,16,23H,6,8-9H2;4-6,11,13H,7-9H2,1-3H3;1-3,10-11H;1-3H,9H2;1H3/t22-,28+;15-,19+;12-,16+;11-,13+;;;/m1111.../s1/i;;;;;;1D. The van der Waals surface area contributed by atoms with Crippen LogP contribution in [0.25, 0.3) is 44.3 Å². The summed E-state index contributed by atoms with van der Waals surface area (Å²) in [6.45, 7) is 9.05. The fourth-order valence-electron chi connectivity index (χ4n) is 15.8. The number of fused-ring (bicyclic) bond motifs is 1. The van der Waals surface area contributed by atoms with Crippen LogP contribution in [0.3, 0.4) is 0 Å². The van der Waals surface area contributed by atoms with Crippen LogP contribution in [0.15, 0.2) is 209 Å². The highest BCUT2D eigenvalue weighted by Gasteiger charge is 2.45. The Kier molecular flexibility index (Phi) is 41.4. The lowest BCUT2D eigenvalue weighted by atomic mass is 9.80. The Hall–Kier alpha value is -12.6. The highest BCUT2D eigenvalue weighted by atomic mass is 79.9. The molecule has 8 atom stereocenters. The molecule has 4 aliphatic rings. The lowest BCUT2D eigenvalue weighted by Crippen LogP contribution is -2.44. The third-order valence-corrected chi connectivity index (χ3v) is 25.2. The van der Waals surface area contributed by atoms with E-state index in [4.69, 9.17) is 78.8 Å². The molecule has 0 bridgehead atoms. The Morgan fingerprint density at radius 1 is 0.480 bits per heavy atom. The number of nitrogens with zero attached hydrogens (tertiary/aromatic N) is 7. The number of carbonyl (C=O) groups excluding carboxylic acids is 8. The van der Waals surface area contributed by atoms with Gasteiger partial charge in [-0.15, -0.1) is 0 Å². The molecule has 4 amide bonds. The molecule has 4 fully saturated rings. The minimum absolute atomic E-state index is 0.00297. The van der Waals surface area contributed by atoms with Crippen molar-refractivity contribution in [2.45, 2.75) is 160 Å². The highest BCUT2D eigenvalue weighted by Crippen LogP contribution is 2.39. The van der Waals surface area contributed by atoms with Gasteiger partial charge < -0.3 is 41.2 Å². The summed E-state index contributed by atoms with van der Waals surface area (Å²) in [5, 5.41) is 24.8. The number of nitrogens with one attached hydrogen (secondary N) is 1. The largest absolute Gasteiger partial charge is 0.489 e. The maximum Gasteiger partial charge on any atom is 0.489 e. The summed E-state index contributed by atoms with van der Waals surface area (Å²) in [5.41, 5.74) is 12.1. The van der Waals surface area contributed by atoms with Gasteiger partial charge in [0.25, 0.3) is 5.91 Å². The lowest BCUT2D eigenvalue weighted by molar-refractivity contribution is -0.138. The van der Waals surface area contributed by atoms with Gasteiger partial charge in [-0.3, -0.25) is 47.6 Å². The van der Waals surface area contributed by atoms with E-state index in [2.05, 4.69) is 64.1 Å². The molecule has 12 aromatic rings. The van der Waals surface area contributed by atoms with Crippen LogP contribution in [-0.4, -0.2) is 192 Å². The highest BCUT2D eigenvalue weighted by molar-refractivity contribution is 9.10. The molecule has 16 rings (SSSR count). The van der Waals surface area contributed by atoms with Crippen LogP contribution in [0.5, 0.6) is 0 Å². The summed E-state index contributed by atoms with van der Waals surface area (Å²) in [6.07, 6.45) is -5.08. The fraction of sp³-hybridized carbons (Fsp3) is 0.286. The molecule has 43 heteroatoms. The van der Waals surface area contributed by atoms with E-state index >= 15 is 8.78 Å². The summed E-state index contributed by atoms with van der Waals surface area (Å²) in [7, 11) is -2.65. The van der Waals surface area contributed by atoms with Gasteiger partial charge >= 0.3 is 19.3 Å². The number of ketones is 4. The number of halogens is 20. The smallest absolute Gasteiger partial charge is 0.444 e. The van der Waals surface area contributed by atoms with Crippen LogP contribution in [0.4, 0.5) is 76.7 Å². The number of ether oxygens (including phenoxy) is 2. The molecule has 0 unspecified atom stereocenters. The fourth-order valence-corrected chi connectivity index (χ4v) is 17.7. The minimum Gasteiger partial charge on any atom is -0.444 e. The van der Waals surface area contributed by atoms with E-state index < -0.39 is 181 Å². The summed E-state index contributed by atoms with van der Waals surface area (Å²) in [6, 6.07) is 40.0. The zero-order chi connectivity index (χ0) is 109. The van der Waals surface area contributed by atoms with Gasteiger partial charge in [-0.05, 0) is 211 Å². The molecule has 780 valence electrons. The van der Waals surface area contributed by atoms with Gasteiger partial charge in [-0.1, -0.05) is 131 Å². The Balaban J connectivity index is 0.000000195. The predicted octanol–water partition coefficient (Wildman–Crippen LogP) is 21.5. The van der Waals surface area contributed by atoms with Crippen molar-refractivity contribution >= 4 is 155 Å². The molecule has 7 N–H and O–H groups in total. The number of benzene rings is 10. The van der Waals surface area contributed by atoms with E-state index in [1.54, 1.807) is 109 Å². The third-order valence-electron chi connectivity index (χ3n) is 22.7. The van der Waals surface area contributed by atoms with Gasteiger partial charge in [-0.2, -0.15) is 5.10 Å². The third kappa shape index (κ3) is 32.0. The van der Waals surface area contributed by atoms with E-state index in [1.807, 2.05) is 0 Å². The number of nitrogens with two attached hydrogens (primary N) is 2. The van der Waals surface area contributed by atoms with Crippen LogP contribution in [0, 0.1) is 64.2 Å². The Morgan fingerprint density at radius 2 is 0.865 bits per heavy atom. The zero-order valence-corrected chi connectivity index (χ0v) is 85.7. The number of aromatic nitrogens is 4. The van der Waals surface area contributed by atoms with E-state index in [9.17, 15) is 91.0 Å². The van der Waals surface area contributed by atoms with E-state index in [1.165, 1.54) is 95.7 Å². The van der Waals surface area contributed by atoms with Crippen molar-refractivity contribution in [2.24, 2.45) is 5.73 Å². The van der Waals surface area contributed by atoms with Crippen molar-refractivity contribution in [2.75, 3.05) is 39.1 Å². The number of hydrogen-bond donors (Lipinski definition) is 5. The first kappa shape index (κ1) is 116. The molecule has 0 radical (unpaired) electrons. The van der Waals surface area contributed by atoms with E-state index in [0.29, 0.717) is 32.3 Å². The number of primary amides is 1. The van der Waals surface area contributed by atoms with Gasteiger partial charge in [0.1, 0.15) is 89.0 Å². The first-order valence-electron chi connectivity index (χ1n) is 45.8. The SMILES string of the molecule is CC(C)(C)OC(=O)N1C[C@H](F)C[C@H]1C(=O)Cc1cccc(-c2ccc(F)cc2Cl)c1F.CC(C)(C)OC(=O)N1C[C@H](F)C[C@H]1C(=O)Cc1cccc(Br)c1F.NC(=O)c1nn(CC(=O)N2C[C@H](F)C[C@H]2C(=O)Cc2cccc(-c3ccc(F)cc3Cl)c2F)c2ccc(C#Cc3ncccn3)cc12.Nc1cccc(Br)c1F.O=C(Cc1cccc(-c2ccc(F)cc2Cl)c1F)[C@@H]1C[C@@H](F)CN1.OB(O)c1ccc(F)cc1Cl.[2H]CF. The number of likely N-dealkylation sites (tertiary alicyclic amines) is 3. The molecule has 2 aromatic heterocycles. The molecule has 4 saturated heterocycles. The molecular formula is C105H95BBr2Cl4F14N10O12. The van der Waals surface area contributed by atoms with Gasteiger partial charge in [-0.25, -0.2) is 76.6 Å². The molecule has 22 nitrogen and oxygen atoms in total. The molecular weight excluding hydrogens is 2170 g/mol. The average molecular weight is 2270 g/mol. The predicted molar refractivity (Wildman–Crippen MR) is 541 cm³/mol. The first-order valence-corrected chi connectivity index (χ1v) is 48.2. The van der Waals surface area contributed by atoms with Crippen molar-refractivity contribution < 1.29 is 121 Å². The maximum absolute atomic E-state index is 15.6. The molecule has 0 saturated carbocycles. The molecule has 148 heavy (non-hydrogen) atoms. The van der Waals surface area contributed by atoms with Crippen LogP contribution < -0.4 is 22.2 Å². The number of amides is 4. The topological polar surface area (TPSA) is 313 Å². The number of hydrogen-bond acceptors (Lipinski definition) is 17. The first-order chi connectivity index (χ1) is 70.3. The molecule has 0 spiro atoms. The zero-order valence-electron chi connectivity index (χ0n) is 80.5. The Labute approximate surface area is 880 Å². The van der Waals surface area contributed by atoms with Gasteiger partial charge in [0, 0.05) is 125 Å². The summed E-state index contributed by atoms with van der Waals surface area (Å²) < 4.78 is 208. The molecule has 10 aromatic carbocycles. The molecule has 4 aliphatic heterocycles. The van der Waals surface area contributed by atoms with Crippen molar-refractivity contribution in [3.8, 4) is 45.2 Å². The second-order valence-electron chi connectivity index (χ2n) is 35.8. The van der Waals surface area contributed by atoms with E-state index in [-0.39, 0.29) is 168 Å². The number of nitrogen functional groups attached to an aromatic ring is 1. The van der Waals surface area contributed by atoms with Gasteiger partial charge in [0.05, 0.1) is 87.5 Å². The Morgan fingerprint density at radius 3 is 1.25 bits per heavy atom. The molecule has 0 aliphatic carbocycles. The van der Waals surface area contributed by atoms with Crippen molar-refractivity contribution in [1.82, 2.24) is 39.8 Å². The average Bonchev–Trinajstić information content (AvgIpc) is 1.64. The van der Waals surface area contributed by atoms with Crippen LogP contribution in [-0.2, 0) is 65.7 Å². The second-order valence-corrected chi connectivity index (χ2v) is 39.1. The maximum atomic E-state index is 15.6. The number of alkyl halides is 5. The quantitative estimate of drug-likeness (QED) is 0.0217. The van der Waals surface area contributed by atoms with Crippen molar-refractivity contribution in [3.63, 3.8) is 0 Å². The number of Topliss-reactive ketones (excluding diaryl/α,β-unsaturated/α-hetero) is 4. The summed E-state index contributed by atoms with van der Waals surface area (Å²) >= 11 is 29.7. The van der Waals surface area contributed by atoms with Crippen LogP contribution in [0.2, 0.25) is 20.1 Å². The number of anilines is 1.